The summed E-state index contributed by atoms with van der Waals surface area (Å²) in [5.41, 5.74) is 11.7. The number of nitrogens with one attached hydrogen (secondary N) is 3. The van der Waals surface area contributed by atoms with Gasteiger partial charge in [-0.3, -0.25) is 19.2 Å². The first-order valence-corrected chi connectivity index (χ1v) is 11.9. The third-order valence-corrected chi connectivity index (χ3v) is 5.48. The van der Waals surface area contributed by atoms with Crippen LogP contribution in [0.2, 0.25) is 0 Å². The zero-order chi connectivity index (χ0) is 26.5. The molecule has 12 heteroatoms. The van der Waals surface area contributed by atoms with E-state index in [1.54, 1.807) is 44.2 Å². The number of nitrogens with two attached hydrogens (primary N) is 2. The van der Waals surface area contributed by atoms with E-state index in [2.05, 4.69) is 28.6 Å². The number of carboxylic acids is 1. The summed E-state index contributed by atoms with van der Waals surface area (Å²) >= 11 is 4.00. The Kier molecular flexibility index (Phi) is 12.8. The molecule has 0 aromatic heterocycles. The molecule has 0 aliphatic carbocycles. The molecular formula is C23H35N5O6S. The molecule has 0 fully saturated rings. The summed E-state index contributed by atoms with van der Waals surface area (Å²) in [4.78, 5) is 61.3. The van der Waals surface area contributed by atoms with Crippen molar-refractivity contribution in [3.63, 3.8) is 0 Å². The smallest absolute Gasteiger partial charge is 0.326 e. The molecule has 0 spiro atoms. The second-order valence-corrected chi connectivity index (χ2v) is 9.00. The zero-order valence-electron chi connectivity index (χ0n) is 19.9. The summed E-state index contributed by atoms with van der Waals surface area (Å²) in [6.45, 7) is 3.61. The number of primary amides is 1. The second kappa shape index (κ2) is 15.0. The van der Waals surface area contributed by atoms with Gasteiger partial charge < -0.3 is 32.5 Å². The van der Waals surface area contributed by atoms with Crippen molar-refractivity contribution in [1.82, 2.24) is 16.0 Å². The number of thiol groups is 1. The molecule has 1 rings (SSSR count). The Morgan fingerprint density at radius 3 is 1.97 bits per heavy atom. The van der Waals surface area contributed by atoms with E-state index in [4.69, 9.17) is 11.5 Å². The Balaban J connectivity index is 3.10. The highest BCUT2D eigenvalue weighted by Gasteiger charge is 2.30. The van der Waals surface area contributed by atoms with Crippen molar-refractivity contribution in [2.24, 2.45) is 17.4 Å². The fourth-order valence-corrected chi connectivity index (χ4v) is 3.38. The highest BCUT2D eigenvalue weighted by Crippen LogP contribution is 2.08. The standard InChI is InChI=1S/C23H35N5O6S/c1-13(2)10-18(23(33)34)28-21(31)16(8-9-19(25)29)26-22(32)17(27-20(30)15(24)12-35)11-14-6-4-3-5-7-14/h3-7,13,15-18,35H,8-12,24H2,1-2H3,(H2,25,29)(H,26,32)(H,27,30)(H,28,31)(H,33,34). The van der Waals surface area contributed by atoms with Crippen molar-refractivity contribution in [2.45, 2.75) is 63.7 Å². The Morgan fingerprint density at radius 2 is 1.46 bits per heavy atom. The van der Waals surface area contributed by atoms with Crippen LogP contribution in [0.3, 0.4) is 0 Å². The van der Waals surface area contributed by atoms with Crippen LogP contribution in [0.25, 0.3) is 0 Å². The molecule has 4 unspecified atom stereocenters. The van der Waals surface area contributed by atoms with E-state index in [-0.39, 0.29) is 37.4 Å². The summed E-state index contributed by atoms with van der Waals surface area (Å²) in [6.07, 6.45) is -0.0948. The van der Waals surface area contributed by atoms with Crippen LogP contribution in [0.15, 0.2) is 30.3 Å². The minimum absolute atomic E-state index is 0.0171. The van der Waals surface area contributed by atoms with Crippen LogP contribution in [0.1, 0.15) is 38.7 Å². The molecule has 0 aliphatic heterocycles. The van der Waals surface area contributed by atoms with Crippen molar-refractivity contribution >= 4 is 42.2 Å². The number of carboxylic acid groups (broad SMARTS) is 1. The van der Waals surface area contributed by atoms with E-state index in [0.717, 1.165) is 5.56 Å². The number of hydrogen-bond acceptors (Lipinski definition) is 7. The number of carbonyl (C=O) groups excluding carboxylic acids is 4. The molecular weight excluding hydrogens is 474 g/mol. The molecule has 1 aromatic carbocycles. The number of benzene rings is 1. The Labute approximate surface area is 210 Å². The predicted octanol–water partition coefficient (Wildman–Crippen LogP) is -0.663. The van der Waals surface area contributed by atoms with Crippen LogP contribution in [0, 0.1) is 5.92 Å². The molecule has 0 saturated heterocycles. The molecule has 4 atom stereocenters. The average molecular weight is 510 g/mol. The van der Waals surface area contributed by atoms with Gasteiger partial charge in [0.15, 0.2) is 0 Å². The number of amides is 4. The van der Waals surface area contributed by atoms with Gasteiger partial charge in [0, 0.05) is 18.6 Å². The third kappa shape index (κ3) is 11.2. The van der Waals surface area contributed by atoms with Crippen LogP contribution < -0.4 is 27.4 Å². The molecule has 194 valence electrons. The van der Waals surface area contributed by atoms with Crippen LogP contribution in [-0.2, 0) is 30.4 Å². The normalized spacial score (nSPS) is 14.3. The highest BCUT2D eigenvalue weighted by molar-refractivity contribution is 7.80. The molecule has 35 heavy (non-hydrogen) atoms. The molecule has 11 nitrogen and oxygen atoms in total. The Morgan fingerprint density at radius 1 is 0.914 bits per heavy atom. The van der Waals surface area contributed by atoms with Gasteiger partial charge in [-0.15, -0.1) is 0 Å². The van der Waals surface area contributed by atoms with Crippen LogP contribution in [0.5, 0.6) is 0 Å². The van der Waals surface area contributed by atoms with Crippen molar-refractivity contribution in [3.8, 4) is 0 Å². The second-order valence-electron chi connectivity index (χ2n) is 8.64. The summed E-state index contributed by atoms with van der Waals surface area (Å²) in [6, 6.07) is 4.41. The molecule has 8 N–H and O–H groups in total. The van der Waals surface area contributed by atoms with Gasteiger partial charge in [0.25, 0.3) is 0 Å². The largest absolute Gasteiger partial charge is 0.480 e. The quantitative estimate of drug-likeness (QED) is 0.152. The lowest BCUT2D eigenvalue weighted by Gasteiger charge is -2.25. The zero-order valence-corrected chi connectivity index (χ0v) is 20.8. The summed E-state index contributed by atoms with van der Waals surface area (Å²) in [7, 11) is 0. The van der Waals surface area contributed by atoms with Gasteiger partial charge in [-0.25, -0.2) is 4.79 Å². The topological polar surface area (TPSA) is 194 Å². The third-order valence-electron chi connectivity index (χ3n) is 5.08. The summed E-state index contributed by atoms with van der Waals surface area (Å²) in [5.74, 6) is -3.95. The number of carbonyl (C=O) groups is 5. The van der Waals surface area contributed by atoms with Gasteiger partial charge >= 0.3 is 5.97 Å². The van der Waals surface area contributed by atoms with Crippen molar-refractivity contribution in [3.05, 3.63) is 35.9 Å². The monoisotopic (exact) mass is 509 g/mol. The molecule has 0 radical (unpaired) electrons. The van der Waals surface area contributed by atoms with Crippen molar-refractivity contribution in [1.29, 1.82) is 0 Å². The minimum atomic E-state index is -1.25. The van der Waals surface area contributed by atoms with E-state index in [1.165, 1.54) is 0 Å². The maximum atomic E-state index is 13.2. The van der Waals surface area contributed by atoms with Gasteiger partial charge in [0.1, 0.15) is 18.1 Å². The van der Waals surface area contributed by atoms with E-state index in [9.17, 15) is 29.1 Å². The molecule has 0 bridgehead atoms. The lowest BCUT2D eigenvalue weighted by molar-refractivity contribution is -0.143. The number of aliphatic carboxylic acids is 1. The van der Waals surface area contributed by atoms with Gasteiger partial charge in [-0.05, 0) is 24.3 Å². The van der Waals surface area contributed by atoms with E-state index < -0.39 is 53.8 Å². The molecule has 0 heterocycles. The van der Waals surface area contributed by atoms with Crippen LogP contribution >= 0.6 is 12.6 Å². The first-order chi connectivity index (χ1) is 16.4. The van der Waals surface area contributed by atoms with Crippen molar-refractivity contribution in [2.75, 3.05) is 5.75 Å². The minimum Gasteiger partial charge on any atom is -0.480 e. The van der Waals surface area contributed by atoms with Crippen molar-refractivity contribution < 1.29 is 29.1 Å². The van der Waals surface area contributed by atoms with Crippen LogP contribution in [-0.4, -0.2) is 64.6 Å². The summed E-state index contributed by atoms with van der Waals surface area (Å²) < 4.78 is 0. The van der Waals surface area contributed by atoms with Crippen LogP contribution in [0.4, 0.5) is 0 Å². The first-order valence-electron chi connectivity index (χ1n) is 11.3. The molecule has 0 saturated carbocycles. The molecule has 1 aromatic rings. The number of rotatable bonds is 15. The van der Waals surface area contributed by atoms with E-state index >= 15 is 0 Å². The molecule has 0 aliphatic rings. The fraction of sp³-hybridized carbons (Fsp3) is 0.522. The summed E-state index contributed by atoms with van der Waals surface area (Å²) in [5, 5.41) is 16.9. The lowest BCUT2D eigenvalue weighted by Crippen LogP contribution is -2.58. The Bertz CT molecular complexity index is 882. The predicted molar refractivity (Wildman–Crippen MR) is 133 cm³/mol. The van der Waals surface area contributed by atoms with Gasteiger partial charge in [-0.2, -0.15) is 12.6 Å². The lowest BCUT2D eigenvalue weighted by atomic mass is 10.0. The fourth-order valence-electron chi connectivity index (χ4n) is 3.21. The average Bonchev–Trinajstić information content (AvgIpc) is 2.80. The van der Waals surface area contributed by atoms with Gasteiger partial charge in [0.05, 0.1) is 6.04 Å². The highest BCUT2D eigenvalue weighted by atomic mass is 32.1. The first kappa shape index (κ1) is 29.9. The molecule has 4 amide bonds. The Hall–Kier alpha value is -3.12. The van der Waals surface area contributed by atoms with Gasteiger partial charge in [0.2, 0.25) is 23.6 Å². The SMILES string of the molecule is CC(C)CC(NC(=O)C(CCC(N)=O)NC(=O)C(Cc1ccccc1)NC(=O)C(N)CS)C(=O)O. The van der Waals surface area contributed by atoms with E-state index in [1.807, 2.05) is 0 Å². The maximum absolute atomic E-state index is 13.2. The van der Waals surface area contributed by atoms with Gasteiger partial charge in [-0.1, -0.05) is 44.2 Å². The van der Waals surface area contributed by atoms with E-state index in [0.29, 0.717) is 0 Å². The number of hydrogen-bond donors (Lipinski definition) is 7. The maximum Gasteiger partial charge on any atom is 0.326 e.